The summed E-state index contributed by atoms with van der Waals surface area (Å²) in [6.07, 6.45) is 6.08. The van der Waals surface area contributed by atoms with E-state index in [0.29, 0.717) is 61.1 Å². The molecule has 2 fully saturated rings. The van der Waals surface area contributed by atoms with Crippen molar-refractivity contribution in [3.63, 3.8) is 0 Å². The van der Waals surface area contributed by atoms with Crippen LogP contribution in [0, 0.1) is 0 Å². The molecular formula is C25H29N5O6S. The molecule has 37 heavy (non-hydrogen) atoms. The van der Waals surface area contributed by atoms with Crippen molar-refractivity contribution in [2.75, 3.05) is 44.0 Å². The number of sulfone groups is 1. The van der Waals surface area contributed by atoms with E-state index in [2.05, 4.69) is 15.1 Å². The normalized spacial score (nSPS) is 19.4. The fraction of sp³-hybridized carbons (Fsp3) is 0.520. The summed E-state index contributed by atoms with van der Waals surface area (Å²) in [4.78, 5) is 25.7. The second kappa shape index (κ2) is 9.56. The van der Waals surface area contributed by atoms with E-state index in [9.17, 15) is 13.2 Å². The number of rotatable bonds is 4. The number of nitrogens with zero attached hydrogens (tertiary/aromatic N) is 5. The standard InChI is InChI=1S/C25H29N5O6S/c1-37(32,33)19-2-3-20-17(14-19)6-11-30(20)24-23-22(26-15-27-24)21(28-36-23)16-4-9-29(10-5-16)25(31)35-18-7-12-34-13-8-18/h2-3,14-16,18H,4-13H2,1H3. The number of fused-ring (bicyclic) bond motifs is 2. The largest absolute Gasteiger partial charge is 0.446 e. The molecule has 3 aliphatic rings. The van der Waals surface area contributed by atoms with Gasteiger partial charge in [0, 0.05) is 50.3 Å². The van der Waals surface area contributed by atoms with Crippen molar-refractivity contribution in [2.45, 2.75) is 49.0 Å². The summed E-state index contributed by atoms with van der Waals surface area (Å²) in [7, 11) is -3.28. The number of aromatic nitrogens is 3. The van der Waals surface area contributed by atoms with Gasteiger partial charge in [-0.25, -0.2) is 23.2 Å². The third-order valence-electron chi connectivity index (χ3n) is 7.47. The molecule has 1 amide bonds. The Bertz CT molecular complexity index is 1430. The van der Waals surface area contributed by atoms with Crippen molar-refractivity contribution in [3.8, 4) is 0 Å². The van der Waals surface area contributed by atoms with Crippen LogP contribution in [0.2, 0.25) is 0 Å². The zero-order valence-electron chi connectivity index (χ0n) is 20.6. The predicted molar refractivity (Wildman–Crippen MR) is 134 cm³/mol. The summed E-state index contributed by atoms with van der Waals surface area (Å²) in [5, 5.41) is 4.38. The smallest absolute Gasteiger partial charge is 0.410 e. The molecule has 0 aliphatic carbocycles. The molecule has 0 radical (unpaired) electrons. The second-order valence-corrected chi connectivity index (χ2v) is 11.9. The van der Waals surface area contributed by atoms with E-state index in [1.54, 1.807) is 17.0 Å². The molecule has 196 valence electrons. The lowest BCUT2D eigenvalue weighted by Gasteiger charge is -2.32. The number of benzene rings is 1. The molecule has 0 N–H and O–H groups in total. The highest BCUT2D eigenvalue weighted by atomic mass is 32.2. The zero-order valence-corrected chi connectivity index (χ0v) is 21.4. The topological polar surface area (TPSA) is 128 Å². The Morgan fingerprint density at radius 2 is 1.86 bits per heavy atom. The number of ether oxygens (including phenoxy) is 2. The Balaban J connectivity index is 1.18. The van der Waals surface area contributed by atoms with E-state index in [4.69, 9.17) is 14.0 Å². The van der Waals surface area contributed by atoms with Crippen LogP contribution in [-0.2, 0) is 25.7 Å². The molecule has 1 aromatic carbocycles. The van der Waals surface area contributed by atoms with E-state index in [-0.39, 0.29) is 18.1 Å². The quantitative estimate of drug-likeness (QED) is 0.499. The first-order chi connectivity index (χ1) is 17.9. The van der Waals surface area contributed by atoms with E-state index >= 15 is 0 Å². The van der Waals surface area contributed by atoms with Crippen molar-refractivity contribution >= 4 is 38.5 Å². The van der Waals surface area contributed by atoms with Crippen LogP contribution >= 0.6 is 0 Å². The zero-order chi connectivity index (χ0) is 25.6. The van der Waals surface area contributed by atoms with Crippen LogP contribution in [0.4, 0.5) is 16.3 Å². The Labute approximate surface area is 214 Å². The summed E-state index contributed by atoms with van der Waals surface area (Å²) >= 11 is 0. The Kier molecular flexibility index (Phi) is 6.23. The molecule has 0 spiro atoms. The van der Waals surface area contributed by atoms with Gasteiger partial charge < -0.3 is 23.8 Å². The van der Waals surface area contributed by atoms with E-state index in [0.717, 1.165) is 42.6 Å². The average molecular weight is 528 g/mol. The third kappa shape index (κ3) is 4.63. The number of carbonyl (C=O) groups excluding carboxylic acids is 1. The first-order valence-electron chi connectivity index (χ1n) is 12.6. The van der Waals surface area contributed by atoms with Gasteiger partial charge >= 0.3 is 6.09 Å². The molecule has 11 nitrogen and oxygen atoms in total. The fourth-order valence-corrected chi connectivity index (χ4v) is 6.08. The van der Waals surface area contributed by atoms with Crippen LogP contribution in [0.25, 0.3) is 11.1 Å². The predicted octanol–water partition coefficient (Wildman–Crippen LogP) is 3.21. The Hall–Kier alpha value is -3.25. The highest BCUT2D eigenvalue weighted by Crippen LogP contribution is 2.40. The van der Waals surface area contributed by atoms with Gasteiger partial charge in [-0.05, 0) is 43.0 Å². The van der Waals surface area contributed by atoms with Gasteiger partial charge in [0.1, 0.15) is 23.6 Å². The van der Waals surface area contributed by atoms with Crippen LogP contribution in [-0.4, -0.2) is 79.7 Å². The molecular weight excluding hydrogens is 498 g/mol. The molecule has 0 saturated carbocycles. The van der Waals surface area contributed by atoms with Crippen LogP contribution < -0.4 is 4.90 Å². The van der Waals surface area contributed by atoms with E-state index < -0.39 is 9.84 Å². The first kappa shape index (κ1) is 24.1. The minimum Gasteiger partial charge on any atom is -0.446 e. The summed E-state index contributed by atoms with van der Waals surface area (Å²) in [5.74, 6) is 0.728. The van der Waals surface area contributed by atoms with Crippen molar-refractivity contribution < 1.29 is 27.2 Å². The maximum Gasteiger partial charge on any atom is 0.410 e. The first-order valence-corrected chi connectivity index (χ1v) is 14.5. The molecule has 0 atom stereocenters. The molecule has 12 heteroatoms. The van der Waals surface area contributed by atoms with Crippen LogP contribution in [0.1, 0.15) is 42.9 Å². The van der Waals surface area contributed by atoms with Gasteiger partial charge in [-0.3, -0.25) is 0 Å². The van der Waals surface area contributed by atoms with Crippen molar-refractivity contribution in [3.05, 3.63) is 35.8 Å². The molecule has 3 aliphatic heterocycles. The minimum atomic E-state index is -3.28. The molecule has 2 saturated heterocycles. The summed E-state index contributed by atoms with van der Waals surface area (Å²) in [6.45, 7) is 3.09. The van der Waals surface area contributed by atoms with Crippen molar-refractivity contribution in [1.29, 1.82) is 0 Å². The van der Waals surface area contributed by atoms with Gasteiger partial charge in [0.2, 0.25) is 5.58 Å². The number of amides is 1. The number of hydrogen-bond donors (Lipinski definition) is 0. The SMILES string of the molecule is CS(=O)(=O)c1ccc2c(c1)CCN2c1ncnc2c(C3CCN(C(=O)OC4CCOCC4)CC3)noc12. The maximum absolute atomic E-state index is 12.6. The monoisotopic (exact) mass is 527 g/mol. The van der Waals surface area contributed by atoms with Gasteiger partial charge in [0.15, 0.2) is 15.7 Å². The second-order valence-electron chi connectivity index (χ2n) is 9.86. The van der Waals surface area contributed by atoms with Gasteiger partial charge in [-0.15, -0.1) is 0 Å². The molecule has 0 unspecified atom stereocenters. The van der Waals surface area contributed by atoms with Gasteiger partial charge in [0.25, 0.3) is 0 Å². The number of likely N-dealkylation sites (tertiary alicyclic amines) is 1. The maximum atomic E-state index is 12.6. The number of anilines is 2. The van der Waals surface area contributed by atoms with Crippen LogP contribution in [0.5, 0.6) is 0 Å². The van der Waals surface area contributed by atoms with E-state index in [1.165, 1.54) is 12.6 Å². The van der Waals surface area contributed by atoms with Crippen LogP contribution in [0.15, 0.2) is 33.9 Å². The fourth-order valence-electron chi connectivity index (χ4n) is 5.40. The Morgan fingerprint density at radius 3 is 2.62 bits per heavy atom. The van der Waals surface area contributed by atoms with Gasteiger partial charge in [-0.2, -0.15) is 0 Å². The summed E-state index contributed by atoms with van der Waals surface area (Å²) < 4.78 is 40.7. The highest BCUT2D eigenvalue weighted by Gasteiger charge is 2.32. The lowest BCUT2D eigenvalue weighted by Crippen LogP contribution is -2.40. The minimum absolute atomic E-state index is 0.0674. The van der Waals surface area contributed by atoms with Gasteiger partial charge in [0.05, 0.1) is 18.1 Å². The molecule has 3 aromatic rings. The molecule has 2 aromatic heterocycles. The average Bonchev–Trinajstić information content (AvgIpc) is 3.53. The van der Waals surface area contributed by atoms with Gasteiger partial charge in [-0.1, -0.05) is 5.16 Å². The molecule has 0 bridgehead atoms. The lowest BCUT2D eigenvalue weighted by molar-refractivity contribution is -0.0121. The lowest BCUT2D eigenvalue weighted by atomic mass is 9.93. The summed E-state index contributed by atoms with van der Waals surface area (Å²) in [5.41, 5.74) is 3.83. The van der Waals surface area contributed by atoms with Crippen molar-refractivity contribution in [1.82, 2.24) is 20.0 Å². The number of hydrogen-bond acceptors (Lipinski definition) is 10. The van der Waals surface area contributed by atoms with Crippen LogP contribution in [0.3, 0.4) is 0 Å². The Morgan fingerprint density at radius 1 is 1.08 bits per heavy atom. The third-order valence-corrected chi connectivity index (χ3v) is 8.58. The summed E-state index contributed by atoms with van der Waals surface area (Å²) in [6, 6.07) is 5.17. The van der Waals surface area contributed by atoms with Crippen molar-refractivity contribution in [2.24, 2.45) is 0 Å². The number of carbonyl (C=O) groups is 1. The highest BCUT2D eigenvalue weighted by molar-refractivity contribution is 7.90. The molecule has 6 rings (SSSR count). The number of piperidine rings is 1. The molecule has 5 heterocycles. The van der Waals surface area contributed by atoms with E-state index in [1.807, 2.05) is 11.0 Å².